The average Bonchev–Trinajstić information content (AvgIpc) is 3.34. The van der Waals surface area contributed by atoms with Gasteiger partial charge in [0.1, 0.15) is 17.5 Å². The second-order valence-corrected chi connectivity index (χ2v) is 8.68. The summed E-state index contributed by atoms with van der Waals surface area (Å²) in [7, 11) is 1.75. The van der Waals surface area contributed by atoms with E-state index < -0.39 is 6.17 Å². The lowest BCUT2D eigenvalue weighted by Crippen LogP contribution is -2.43. The molecule has 0 aromatic carbocycles. The van der Waals surface area contributed by atoms with Crippen LogP contribution in [0.25, 0.3) is 22.2 Å². The second kappa shape index (κ2) is 6.92. The molecule has 1 aliphatic carbocycles. The summed E-state index contributed by atoms with van der Waals surface area (Å²) in [4.78, 5) is 11.2. The Labute approximate surface area is 173 Å². The van der Waals surface area contributed by atoms with Gasteiger partial charge in [-0.1, -0.05) is 11.6 Å². The highest BCUT2D eigenvalue weighted by Crippen LogP contribution is 2.44. The standard InChI is InChI=1S/C21H23ClFN5O/c1-21(29-2)7-15(8-21)28-11-13(9-25-28)19-16(22)10-24-17-3-4-18(26-20(17)19)27-6-5-14(23)12-27/h3-4,9-11,14-15H,5-8,12H2,1-2H3. The molecule has 2 aliphatic rings. The van der Waals surface area contributed by atoms with E-state index in [1.54, 1.807) is 13.3 Å². The summed E-state index contributed by atoms with van der Waals surface area (Å²) in [5.41, 5.74) is 3.12. The van der Waals surface area contributed by atoms with E-state index in [4.69, 9.17) is 21.3 Å². The first kappa shape index (κ1) is 18.8. The SMILES string of the molecule is COC1(C)CC(n2cc(-c3c(Cl)cnc4ccc(N5CCC(F)C5)nc34)cn2)C1. The van der Waals surface area contributed by atoms with Crippen LogP contribution in [0.4, 0.5) is 10.2 Å². The summed E-state index contributed by atoms with van der Waals surface area (Å²) in [6.45, 7) is 3.16. The Morgan fingerprint density at radius 3 is 2.83 bits per heavy atom. The number of rotatable bonds is 4. The summed E-state index contributed by atoms with van der Waals surface area (Å²) in [6, 6.07) is 4.13. The normalized spacial score (nSPS) is 26.8. The second-order valence-electron chi connectivity index (χ2n) is 8.28. The highest BCUT2D eigenvalue weighted by molar-refractivity contribution is 6.34. The molecule has 1 aliphatic heterocycles. The van der Waals surface area contributed by atoms with Gasteiger partial charge in [0.2, 0.25) is 0 Å². The number of aromatic nitrogens is 4. The molecular weight excluding hydrogens is 393 g/mol. The number of ether oxygens (including phenoxy) is 1. The van der Waals surface area contributed by atoms with Crippen molar-refractivity contribution in [3.8, 4) is 11.1 Å². The van der Waals surface area contributed by atoms with Crippen LogP contribution in [0.15, 0.2) is 30.7 Å². The molecule has 0 radical (unpaired) electrons. The Hall–Kier alpha value is -2.25. The third-order valence-electron chi connectivity index (χ3n) is 6.20. The first-order chi connectivity index (χ1) is 14.0. The van der Waals surface area contributed by atoms with Gasteiger partial charge < -0.3 is 9.64 Å². The number of nitrogens with zero attached hydrogens (tertiary/aromatic N) is 5. The fraction of sp³-hybridized carbons (Fsp3) is 0.476. The molecule has 3 aromatic heterocycles. The number of halogens is 2. The minimum absolute atomic E-state index is 0.0712. The predicted octanol–water partition coefficient (Wildman–Crippen LogP) is 4.43. The van der Waals surface area contributed by atoms with Gasteiger partial charge in [0.15, 0.2) is 0 Å². The summed E-state index contributed by atoms with van der Waals surface area (Å²) >= 11 is 6.54. The van der Waals surface area contributed by atoms with Gasteiger partial charge in [0.05, 0.1) is 34.9 Å². The summed E-state index contributed by atoms with van der Waals surface area (Å²) in [5, 5.41) is 5.10. The van der Waals surface area contributed by atoms with Gasteiger partial charge in [-0.25, -0.2) is 9.37 Å². The van der Waals surface area contributed by atoms with Gasteiger partial charge in [-0.15, -0.1) is 0 Å². The molecule has 5 rings (SSSR count). The van der Waals surface area contributed by atoms with E-state index in [0.717, 1.165) is 35.3 Å². The minimum Gasteiger partial charge on any atom is -0.378 e. The maximum atomic E-state index is 13.7. The van der Waals surface area contributed by atoms with Crippen molar-refractivity contribution in [2.45, 2.75) is 44.0 Å². The lowest BCUT2D eigenvalue weighted by atomic mass is 9.77. The third-order valence-corrected chi connectivity index (χ3v) is 6.49. The van der Waals surface area contributed by atoms with E-state index in [-0.39, 0.29) is 5.60 Å². The number of pyridine rings is 2. The first-order valence-corrected chi connectivity index (χ1v) is 10.3. The molecule has 0 amide bonds. The molecule has 3 aromatic rings. The molecule has 2 fully saturated rings. The number of fused-ring (bicyclic) bond motifs is 1. The van der Waals surface area contributed by atoms with E-state index in [9.17, 15) is 4.39 Å². The lowest BCUT2D eigenvalue weighted by Gasteiger charge is -2.43. The van der Waals surface area contributed by atoms with Crippen LogP contribution in [0.5, 0.6) is 0 Å². The summed E-state index contributed by atoms with van der Waals surface area (Å²) in [5.74, 6) is 0.755. The molecule has 0 bridgehead atoms. The largest absolute Gasteiger partial charge is 0.378 e. The Morgan fingerprint density at radius 2 is 2.10 bits per heavy atom. The molecule has 8 heteroatoms. The minimum atomic E-state index is -0.803. The molecule has 4 heterocycles. The smallest absolute Gasteiger partial charge is 0.129 e. The third kappa shape index (κ3) is 3.26. The summed E-state index contributed by atoms with van der Waals surface area (Å²) < 4.78 is 21.2. The van der Waals surface area contributed by atoms with Crippen LogP contribution in [-0.4, -0.2) is 51.7 Å². The van der Waals surface area contributed by atoms with Gasteiger partial charge in [-0.2, -0.15) is 5.10 Å². The van der Waals surface area contributed by atoms with Crippen molar-refractivity contribution in [2.75, 3.05) is 25.1 Å². The van der Waals surface area contributed by atoms with Crippen molar-refractivity contribution in [1.29, 1.82) is 0 Å². The van der Waals surface area contributed by atoms with Crippen LogP contribution >= 0.6 is 11.6 Å². The van der Waals surface area contributed by atoms with Crippen molar-refractivity contribution in [3.63, 3.8) is 0 Å². The van der Waals surface area contributed by atoms with Crippen molar-refractivity contribution in [3.05, 3.63) is 35.7 Å². The monoisotopic (exact) mass is 415 g/mol. The van der Waals surface area contributed by atoms with Gasteiger partial charge in [-0.05, 0) is 38.3 Å². The Bertz CT molecular complexity index is 1060. The Kier molecular flexibility index (Phi) is 4.47. The van der Waals surface area contributed by atoms with Crippen molar-refractivity contribution in [1.82, 2.24) is 19.7 Å². The fourth-order valence-electron chi connectivity index (χ4n) is 4.37. The molecule has 1 saturated heterocycles. The number of alkyl halides is 1. The van der Waals surface area contributed by atoms with Crippen molar-refractivity contribution >= 4 is 28.5 Å². The average molecular weight is 416 g/mol. The molecule has 29 heavy (non-hydrogen) atoms. The number of hydrogen-bond acceptors (Lipinski definition) is 5. The van der Waals surface area contributed by atoms with E-state index >= 15 is 0 Å². The van der Waals surface area contributed by atoms with Gasteiger partial charge >= 0.3 is 0 Å². The quantitative estimate of drug-likeness (QED) is 0.630. The van der Waals surface area contributed by atoms with Crippen LogP contribution in [-0.2, 0) is 4.74 Å². The van der Waals surface area contributed by atoms with Gasteiger partial charge in [-0.3, -0.25) is 9.67 Å². The van der Waals surface area contributed by atoms with Crippen molar-refractivity contribution < 1.29 is 9.13 Å². The van der Waals surface area contributed by atoms with Gasteiger partial charge in [0.25, 0.3) is 0 Å². The van der Waals surface area contributed by atoms with Crippen LogP contribution in [0.3, 0.4) is 0 Å². The molecular formula is C21H23ClFN5O. The summed E-state index contributed by atoms with van der Waals surface area (Å²) in [6.07, 6.45) is 7.08. The number of anilines is 1. The zero-order chi connectivity index (χ0) is 20.2. The molecule has 152 valence electrons. The van der Waals surface area contributed by atoms with Crippen LogP contribution in [0, 0.1) is 0 Å². The number of methoxy groups -OCH3 is 1. The van der Waals surface area contributed by atoms with E-state index in [1.807, 2.05) is 34.1 Å². The molecule has 6 nitrogen and oxygen atoms in total. The molecule has 1 saturated carbocycles. The molecule has 1 unspecified atom stereocenters. The van der Waals surface area contributed by atoms with Crippen molar-refractivity contribution in [2.24, 2.45) is 0 Å². The van der Waals surface area contributed by atoms with Gasteiger partial charge in [0, 0.05) is 37.2 Å². The molecule has 0 spiro atoms. The van der Waals surface area contributed by atoms with E-state index in [1.165, 1.54) is 0 Å². The van der Waals surface area contributed by atoms with Crippen LogP contribution in [0.1, 0.15) is 32.2 Å². The van der Waals surface area contributed by atoms with Crippen LogP contribution in [0.2, 0.25) is 5.02 Å². The topological polar surface area (TPSA) is 56.1 Å². The Balaban J connectivity index is 1.52. The lowest BCUT2D eigenvalue weighted by molar-refractivity contribution is -0.0875. The molecule has 0 N–H and O–H groups in total. The first-order valence-electron chi connectivity index (χ1n) is 9.90. The predicted molar refractivity (Wildman–Crippen MR) is 111 cm³/mol. The fourth-order valence-corrected chi connectivity index (χ4v) is 4.61. The van der Waals surface area contributed by atoms with E-state index in [0.29, 0.717) is 36.1 Å². The van der Waals surface area contributed by atoms with E-state index in [2.05, 4.69) is 17.0 Å². The Morgan fingerprint density at radius 1 is 1.28 bits per heavy atom. The maximum Gasteiger partial charge on any atom is 0.129 e. The highest BCUT2D eigenvalue weighted by Gasteiger charge is 2.42. The highest BCUT2D eigenvalue weighted by atomic mass is 35.5. The molecule has 1 atom stereocenters. The maximum absolute atomic E-state index is 13.7. The number of hydrogen-bond donors (Lipinski definition) is 0. The van der Waals surface area contributed by atoms with Crippen LogP contribution < -0.4 is 4.90 Å². The zero-order valence-electron chi connectivity index (χ0n) is 16.5. The zero-order valence-corrected chi connectivity index (χ0v) is 17.2.